The number of nitrogens with zero attached hydrogens (tertiary/aromatic N) is 2. The zero-order chi connectivity index (χ0) is 28.6. The highest BCUT2D eigenvalue weighted by molar-refractivity contribution is 7.92. The van der Waals surface area contributed by atoms with Crippen LogP contribution in [0.1, 0.15) is 31.4 Å². The molecule has 0 aromatic heterocycles. The van der Waals surface area contributed by atoms with Crippen LogP contribution >= 0.6 is 0 Å². The molecule has 3 rings (SSSR count). The zero-order valence-corrected chi connectivity index (χ0v) is 23.2. The molecule has 0 unspecified atom stereocenters. The third-order valence-electron chi connectivity index (χ3n) is 5.87. The quantitative estimate of drug-likeness (QED) is 0.185. The molecule has 0 radical (unpaired) electrons. The number of methoxy groups -OCH3 is 1. The number of nitrogens with one attached hydrogen (secondary N) is 1. The molecule has 0 aliphatic heterocycles. The monoisotopic (exact) mass is 555 g/mol. The topological polar surface area (TPSA) is 128 Å². The van der Waals surface area contributed by atoms with Gasteiger partial charge in [-0.25, -0.2) is 8.42 Å². The highest BCUT2D eigenvalue weighted by atomic mass is 32.2. The second kappa shape index (κ2) is 13.1. The summed E-state index contributed by atoms with van der Waals surface area (Å²) in [6.07, 6.45) is 1.46. The lowest BCUT2D eigenvalue weighted by Gasteiger charge is -2.24. The van der Waals surface area contributed by atoms with Gasteiger partial charge < -0.3 is 14.8 Å². The maximum atomic E-state index is 13.6. The number of carbonyl (C=O) groups is 1. The predicted molar refractivity (Wildman–Crippen MR) is 149 cm³/mol. The van der Waals surface area contributed by atoms with Gasteiger partial charge in [-0.15, -0.1) is 0 Å². The minimum Gasteiger partial charge on any atom is -0.497 e. The molecule has 0 atom stereocenters. The number of hydrogen-bond acceptors (Lipinski definition) is 7. The maximum absolute atomic E-state index is 13.6. The van der Waals surface area contributed by atoms with Gasteiger partial charge in [0.25, 0.3) is 15.7 Å². The number of carbonyl (C=O) groups excluding carboxylic acids is 1. The van der Waals surface area contributed by atoms with E-state index in [2.05, 4.69) is 5.32 Å². The van der Waals surface area contributed by atoms with Crippen molar-refractivity contribution >= 4 is 27.3 Å². The second-order valence-electron chi connectivity index (χ2n) is 9.18. The van der Waals surface area contributed by atoms with E-state index in [1.165, 1.54) is 38.3 Å². The Morgan fingerprint density at radius 2 is 1.67 bits per heavy atom. The van der Waals surface area contributed by atoms with Crippen molar-refractivity contribution in [2.24, 2.45) is 0 Å². The van der Waals surface area contributed by atoms with Crippen molar-refractivity contribution in [2.45, 2.75) is 44.6 Å². The first kappa shape index (κ1) is 29.4. The first-order chi connectivity index (χ1) is 18.5. The number of benzene rings is 3. The zero-order valence-electron chi connectivity index (χ0n) is 22.4. The summed E-state index contributed by atoms with van der Waals surface area (Å²) >= 11 is 0. The summed E-state index contributed by atoms with van der Waals surface area (Å²) < 4.78 is 38.9. The average Bonchev–Trinajstić information content (AvgIpc) is 2.90. The average molecular weight is 556 g/mol. The van der Waals surface area contributed by atoms with Crippen molar-refractivity contribution in [2.75, 3.05) is 24.5 Å². The minimum atomic E-state index is -4.31. The van der Waals surface area contributed by atoms with E-state index in [-0.39, 0.29) is 22.4 Å². The van der Waals surface area contributed by atoms with Crippen molar-refractivity contribution in [1.82, 2.24) is 5.32 Å². The molecule has 0 bridgehead atoms. The summed E-state index contributed by atoms with van der Waals surface area (Å²) in [5.74, 6) is 0.799. The molecule has 0 fully saturated rings. The van der Waals surface area contributed by atoms with Gasteiger partial charge in [0.1, 0.15) is 18.0 Å². The van der Waals surface area contributed by atoms with Crippen LogP contribution in [-0.2, 0) is 21.2 Å². The number of anilines is 1. The van der Waals surface area contributed by atoms with Gasteiger partial charge >= 0.3 is 0 Å². The summed E-state index contributed by atoms with van der Waals surface area (Å²) in [6.45, 7) is 5.29. The molecule has 0 heterocycles. The second-order valence-corrected chi connectivity index (χ2v) is 11.0. The molecular formula is C28H33N3O7S. The van der Waals surface area contributed by atoms with Crippen LogP contribution < -0.4 is 19.1 Å². The fraction of sp³-hybridized carbons (Fsp3) is 0.321. The third kappa shape index (κ3) is 7.93. The minimum absolute atomic E-state index is 0.0912. The summed E-state index contributed by atoms with van der Waals surface area (Å²) in [5, 5.41) is 14.2. The third-order valence-corrected chi connectivity index (χ3v) is 7.64. The van der Waals surface area contributed by atoms with Gasteiger partial charge in [0.2, 0.25) is 5.91 Å². The van der Waals surface area contributed by atoms with Crippen LogP contribution in [0.4, 0.5) is 11.4 Å². The molecule has 0 saturated heterocycles. The van der Waals surface area contributed by atoms with Crippen LogP contribution in [0.3, 0.4) is 0 Å². The summed E-state index contributed by atoms with van der Waals surface area (Å²) in [7, 11) is -2.83. The number of sulfonamides is 1. The molecule has 11 heteroatoms. The highest BCUT2D eigenvalue weighted by Gasteiger charge is 2.29. The van der Waals surface area contributed by atoms with E-state index in [1.54, 1.807) is 12.1 Å². The largest absolute Gasteiger partial charge is 0.497 e. The van der Waals surface area contributed by atoms with Gasteiger partial charge in [0.15, 0.2) is 0 Å². The molecular weight excluding hydrogens is 522 g/mol. The van der Waals surface area contributed by atoms with Gasteiger partial charge in [0.05, 0.1) is 28.7 Å². The number of nitro benzene ring substituents is 1. The molecule has 0 saturated carbocycles. The molecule has 10 nitrogen and oxygen atoms in total. The number of ether oxygens (including phenoxy) is 2. The number of amides is 1. The first-order valence-corrected chi connectivity index (χ1v) is 13.9. The lowest BCUT2D eigenvalue weighted by Crippen LogP contribution is -2.41. The number of nitro groups is 1. The Morgan fingerprint density at radius 1 is 1.03 bits per heavy atom. The van der Waals surface area contributed by atoms with Gasteiger partial charge in [-0.2, -0.15) is 0 Å². The van der Waals surface area contributed by atoms with Crippen LogP contribution in [0.15, 0.2) is 71.6 Å². The molecule has 0 aliphatic rings. The molecule has 39 heavy (non-hydrogen) atoms. The molecule has 0 spiro atoms. The molecule has 3 aromatic rings. The van der Waals surface area contributed by atoms with Crippen molar-refractivity contribution in [3.8, 4) is 11.5 Å². The van der Waals surface area contributed by atoms with E-state index >= 15 is 0 Å². The molecule has 0 aliphatic carbocycles. The van der Waals surface area contributed by atoms with Crippen molar-refractivity contribution in [3.05, 3.63) is 88.0 Å². The molecule has 208 valence electrons. The normalized spacial score (nSPS) is 11.2. The Labute approximate surface area is 228 Å². The standard InChI is InChI=1S/C28H33N3O7S/c1-20(2)38-25-12-8-22(9-13-25)6-5-17-29-28(32)19-30(23-10-14-24(37-4)15-11-23)39(35,36)26-16-7-21(3)27(18-26)31(33)34/h7-16,18,20H,5-6,17,19H2,1-4H3,(H,29,32). The van der Waals surface area contributed by atoms with Gasteiger partial charge in [-0.05, 0) is 81.6 Å². The molecule has 1 N–H and O–H groups in total. The lowest BCUT2D eigenvalue weighted by molar-refractivity contribution is -0.385. The number of hydrogen-bond donors (Lipinski definition) is 1. The molecule has 3 aromatic carbocycles. The van der Waals surface area contributed by atoms with Gasteiger partial charge in [-0.3, -0.25) is 19.2 Å². The summed E-state index contributed by atoms with van der Waals surface area (Å²) in [6, 6.07) is 17.6. The highest BCUT2D eigenvalue weighted by Crippen LogP contribution is 2.29. The van der Waals surface area contributed by atoms with E-state index < -0.39 is 27.4 Å². The van der Waals surface area contributed by atoms with Crippen LogP contribution in [-0.4, -0.2) is 45.6 Å². The Morgan fingerprint density at radius 3 is 2.26 bits per heavy atom. The van der Waals surface area contributed by atoms with E-state index in [4.69, 9.17) is 9.47 Å². The van der Waals surface area contributed by atoms with Crippen molar-refractivity contribution < 1.29 is 27.6 Å². The van der Waals surface area contributed by atoms with Crippen LogP contribution in [0, 0.1) is 17.0 Å². The Balaban J connectivity index is 1.72. The summed E-state index contributed by atoms with van der Waals surface area (Å²) in [4.78, 5) is 23.3. The van der Waals surface area contributed by atoms with E-state index in [0.29, 0.717) is 24.3 Å². The number of rotatable bonds is 13. The van der Waals surface area contributed by atoms with Crippen LogP contribution in [0.5, 0.6) is 11.5 Å². The van der Waals surface area contributed by atoms with Crippen molar-refractivity contribution in [1.29, 1.82) is 0 Å². The van der Waals surface area contributed by atoms with E-state index in [0.717, 1.165) is 28.1 Å². The predicted octanol–water partition coefficient (Wildman–Crippen LogP) is 4.64. The van der Waals surface area contributed by atoms with Crippen LogP contribution in [0.2, 0.25) is 0 Å². The SMILES string of the molecule is COc1ccc(N(CC(=O)NCCCc2ccc(OC(C)C)cc2)S(=O)(=O)c2ccc(C)c([N+](=O)[O-])c2)cc1. The smallest absolute Gasteiger partial charge is 0.273 e. The lowest BCUT2D eigenvalue weighted by atomic mass is 10.1. The Kier molecular flexibility index (Phi) is 9.89. The van der Waals surface area contributed by atoms with E-state index in [9.17, 15) is 23.3 Å². The van der Waals surface area contributed by atoms with Crippen molar-refractivity contribution in [3.63, 3.8) is 0 Å². The van der Waals surface area contributed by atoms with Crippen LogP contribution in [0.25, 0.3) is 0 Å². The summed E-state index contributed by atoms with van der Waals surface area (Å²) in [5.41, 5.74) is 1.32. The Bertz CT molecular complexity index is 1390. The van der Waals surface area contributed by atoms with Gasteiger partial charge in [0, 0.05) is 18.2 Å². The maximum Gasteiger partial charge on any atom is 0.273 e. The Hall–Kier alpha value is -4.12. The van der Waals surface area contributed by atoms with E-state index in [1.807, 2.05) is 38.1 Å². The number of aryl methyl sites for hydroxylation is 2. The first-order valence-electron chi connectivity index (χ1n) is 12.5. The fourth-order valence-corrected chi connectivity index (χ4v) is 5.29. The molecule has 1 amide bonds. The fourth-order valence-electron chi connectivity index (χ4n) is 3.85. The van der Waals surface area contributed by atoms with Gasteiger partial charge in [-0.1, -0.05) is 18.2 Å².